The molecule has 0 bridgehead atoms. The van der Waals surface area contributed by atoms with Crippen LogP contribution in [0.1, 0.15) is 29.7 Å². The predicted octanol–water partition coefficient (Wildman–Crippen LogP) is 3.20. The lowest BCUT2D eigenvalue weighted by Crippen LogP contribution is -2.76. The molecule has 2 saturated heterocycles. The molecular formula is C32H38N6O4. The van der Waals surface area contributed by atoms with Gasteiger partial charge in [0.1, 0.15) is 18.0 Å². The average Bonchev–Trinajstić information content (AvgIpc) is 2.98. The van der Waals surface area contributed by atoms with Crippen LogP contribution in [0.2, 0.25) is 0 Å². The number of rotatable bonds is 7. The van der Waals surface area contributed by atoms with E-state index in [9.17, 15) is 19.5 Å². The van der Waals surface area contributed by atoms with E-state index in [0.29, 0.717) is 6.54 Å². The van der Waals surface area contributed by atoms with E-state index in [4.69, 9.17) is 0 Å². The predicted molar refractivity (Wildman–Crippen MR) is 160 cm³/mol. The first-order chi connectivity index (χ1) is 20.1. The molecule has 0 spiro atoms. The maximum atomic E-state index is 14.2. The summed E-state index contributed by atoms with van der Waals surface area (Å²) in [5, 5.41) is 16.0. The van der Waals surface area contributed by atoms with Gasteiger partial charge in [-0.25, -0.2) is 14.8 Å². The minimum Gasteiger partial charge on any atom is -0.508 e. The number of likely N-dealkylation sites (N-methyl/N-ethyl adjacent to an activating group) is 1. The number of hydrogen-bond acceptors (Lipinski definition) is 6. The normalized spacial score (nSPS) is 19.9. The number of phenols is 1. The molecule has 10 nitrogen and oxygen atoms in total. The maximum Gasteiger partial charge on any atom is 0.334 e. The molecule has 2 aliphatic rings. The minimum absolute atomic E-state index is 0.0327. The number of nitrogens with one attached hydrogen (secondary N) is 1. The molecule has 3 aromatic rings. The zero-order valence-electron chi connectivity index (χ0n) is 24.5. The Kier molecular flexibility index (Phi) is 8.35. The van der Waals surface area contributed by atoms with Gasteiger partial charge in [-0.05, 0) is 47.9 Å². The summed E-state index contributed by atoms with van der Waals surface area (Å²) < 4.78 is 0. The molecule has 2 fully saturated rings. The van der Waals surface area contributed by atoms with Crippen molar-refractivity contribution in [2.24, 2.45) is 0 Å². The van der Waals surface area contributed by atoms with Gasteiger partial charge in [0.2, 0.25) is 11.8 Å². The SMILES string of the molecule is CC(c1cccc(N(C)C)c1)N1C[C@H]2N(C(=O)CN(C)N2C(=O)NCc2ccccc2)[C@@H](Cc2ccc(O)cc2)C1=O. The van der Waals surface area contributed by atoms with Crippen LogP contribution >= 0.6 is 0 Å². The van der Waals surface area contributed by atoms with Crippen LogP contribution in [-0.2, 0) is 22.6 Å². The zero-order chi connectivity index (χ0) is 30.0. The molecule has 0 radical (unpaired) electrons. The summed E-state index contributed by atoms with van der Waals surface area (Å²) in [7, 11) is 5.66. The van der Waals surface area contributed by atoms with Crippen LogP contribution in [0.5, 0.6) is 5.75 Å². The van der Waals surface area contributed by atoms with E-state index >= 15 is 0 Å². The van der Waals surface area contributed by atoms with E-state index < -0.39 is 12.2 Å². The first-order valence-corrected chi connectivity index (χ1v) is 14.1. The van der Waals surface area contributed by atoms with Crippen molar-refractivity contribution >= 4 is 23.5 Å². The van der Waals surface area contributed by atoms with Crippen LogP contribution in [-0.4, -0.2) is 89.2 Å². The smallest absolute Gasteiger partial charge is 0.334 e. The summed E-state index contributed by atoms with van der Waals surface area (Å²) in [5.74, 6) is -0.266. The van der Waals surface area contributed by atoms with Gasteiger partial charge in [-0.2, -0.15) is 0 Å². The Labute approximate surface area is 246 Å². The number of urea groups is 1. The van der Waals surface area contributed by atoms with Crippen molar-refractivity contribution in [3.05, 3.63) is 95.6 Å². The van der Waals surface area contributed by atoms with Crippen molar-refractivity contribution in [3.8, 4) is 5.75 Å². The highest BCUT2D eigenvalue weighted by Crippen LogP contribution is 2.33. The first-order valence-electron chi connectivity index (χ1n) is 14.1. The molecule has 3 aromatic carbocycles. The van der Waals surface area contributed by atoms with Crippen molar-refractivity contribution in [3.63, 3.8) is 0 Å². The van der Waals surface area contributed by atoms with E-state index in [0.717, 1.165) is 22.4 Å². The number of hydrazine groups is 1. The van der Waals surface area contributed by atoms with E-state index in [2.05, 4.69) is 11.4 Å². The molecule has 2 aliphatic heterocycles. The Morgan fingerprint density at radius 1 is 1.00 bits per heavy atom. The molecule has 0 aromatic heterocycles. The van der Waals surface area contributed by atoms with E-state index in [1.54, 1.807) is 51.1 Å². The number of benzene rings is 3. The highest BCUT2D eigenvalue weighted by Gasteiger charge is 2.51. The van der Waals surface area contributed by atoms with Crippen LogP contribution in [0.15, 0.2) is 78.9 Å². The fourth-order valence-electron chi connectivity index (χ4n) is 5.77. The summed E-state index contributed by atoms with van der Waals surface area (Å²) in [6.07, 6.45) is -0.447. The third kappa shape index (κ3) is 5.89. The van der Waals surface area contributed by atoms with E-state index in [1.165, 1.54) is 0 Å². The number of anilines is 1. The Morgan fingerprint density at radius 2 is 1.71 bits per heavy atom. The summed E-state index contributed by atoms with van der Waals surface area (Å²) in [6, 6.07) is 22.8. The van der Waals surface area contributed by atoms with Gasteiger partial charge < -0.3 is 25.1 Å². The zero-order valence-corrected chi connectivity index (χ0v) is 24.5. The van der Waals surface area contributed by atoms with Gasteiger partial charge in [0.25, 0.3) is 0 Å². The number of fused-ring (bicyclic) bond motifs is 1. The number of piperazine rings is 1. The molecule has 0 aliphatic carbocycles. The van der Waals surface area contributed by atoms with E-state index in [-0.39, 0.29) is 49.1 Å². The highest BCUT2D eigenvalue weighted by atomic mass is 16.3. The Bertz CT molecular complexity index is 1430. The third-order valence-electron chi connectivity index (χ3n) is 8.08. The molecule has 42 heavy (non-hydrogen) atoms. The number of hydrogen-bond donors (Lipinski definition) is 2. The Morgan fingerprint density at radius 3 is 2.40 bits per heavy atom. The van der Waals surface area contributed by atoms with Crippen LogP contribution in [0.3, 0.4) is 0 Å². The molecular weight excluding hydrogens is 532 g/mol. The van der Waals surface area contributed by atoms with Gasteiger partial charge in [0.15, 0.2) is 0 Å². The fourth-order valence-corrected chi connectivity index (χ4v) is 5.77. The summed E-state index contributed by atoms with van der Waals surface area (Å²) in [6.45, 7) is 2.44. The van der Waals surface area contributed by atoms with Crippen molar-refractivity contribution in [1.29, 1.82) is 0 Å². The first kappa shape index (κ1) is 28.9. The van der Waals surface area contributed by atoms with Crippen LogP contribution < -0.4 is 10.2 Å². The number of amides is 4. The molecule has 2 N–H and O–H groups in total. The molecule has 220 valence electrons. The molecule has 5 rings (SSSR count). The van der Waals surface area contributed by atoms with Crippen LogP contribution in [0.4, 0.5) is 10.5 Å². The lowest BCUT2D eigenvalue weighted by atomic mass is 9.96. The molecule has 10 heteroatoms. The van der Waals surface area contributed by atoms with Crippen LogP contribution in [0.25, 0.3) is 0 Å². The highest BCUT2D eigenvalue weighted by molar-refractivity contribution is 5.92. The lowest BCUT2D eigenvalue weighted by Gasteiger charge is -2.55. The monoisotopic (exact) mass is 570 g/mol. The second kappa shape index (κ2) is 12.1. The quantitative estimate of drug-likeness (QED) is 0.453. The van der Waals surface area contributed by atoms with Crippen molar-refractivity contribution in [2.75, 3.05) is 39.1 Å². The van der Waals surface area contributed by atoms with Gasteiger partial charge >= 0.3 is 6.03 Å². The molecule has 2 heterocycles. The minimum atomic E-state index is -0.821. The summed E-state index contributed by atoms with van der Waals surface area (Å²) in [5.41, 5.74) is 3.74. The number of nitrogens with zero attached hydrogens (tertiary/aromatic N) is 5. The summed E-state index contributed by atoms with van der Waals surface area (Å²) >= 11 is 0. The third-order valence-corrected chi connectivity index (χ3v) is 8.08. The van der Waals surface area contributed by atoms with Crippen molar-refractivity contribution in [2.45, 2.75) is 38.1 Å². The van der Waals surface area contributed by atoms with Crippen molar-refractivity contribution < 1.29 is 19.5 Å². The Hall–Kier alpha value is -4.57. The number of carbonyl (C=O) groups is 3. The average molecular weight is 571 g/mol. The molecule has 4 amide bonds. The number of phenolic OH excluding ortho intramolecular Hbond substituents is 1. The number of aromatic hydroxyl groups is 1. The van der Waals surface area contributed by atoms with Crippen molar-refractivity contribution in [1.82, 2.24) is 25.1 Å². The largest absolute Gasteiger partial charge is 0.508 e. The van der Waals surface area contributed by atoms with Crippen LogP contribution in [0, 0.1) is 0 Å². The topological polar surface area (TPSA) is 99.7 Å². The van der Waals surface area contributed by atoms with Gasteiger partial charge in [0.05, 0.1) is 19.1 Å². The van der Waals surface area contributed by atoms with Gasteiger partial charge in [0, 0.05) is 39.8 Å². The number of carbonyl (C=O) groups excluding carboxylic acids is 3. The molecule has 3 atom stereocenters. The van der Waals surface area contributed by atoms with Gasteiger partial charge in [-0.1, -0.05) is 54.6 Å². The second-order valence-corrected chi connectivity index (χ2v) is 11.1. The summed E-state index contributed by atoms with van der Waals surface area (Å²) in [4.78, 5) is 46.9. The van der Waals surface area contributed by atoms with Gasteiger partial charge in [-0.3, -0.25) is 9.59 Å². The van der Waals surface area contributed by atoms with E-state index in [1.807, 2.05) is 74.4 Å². The lowest BCUT2D eigenvalue weighted by molar-refractivity contribution is -0.189. The molecule has 0 saturated carbocycles. The maximum absolute atomic E-state index is 14.2. The molecule has 1 unspecified atom stereocenters. The van der Waals surface area contributed by atoms with Gasteiger partial charge in [-0.15, -0.1) is 0 Å². The standard InChI is InChI=1S/C32H38N6O4/c1-22(25-11-8-12-26(18-25)34(2)3)36-20-29-37(28(31(36)41)17-23-13-15-27(39)16-14-23)30(40)21-35(4)38(29)32(42)33-19-24-9-6-5-7-10-24/h5-16,18,22,28-29,39H,17,19-21H2,1-4H3,(H,33,42)/t22?,28-,29-/m0/s1. The Balaban J connectivity index is 1.50. The second-order valence-electron chi connectivity index (χ2n) is 11.1. The fraction of sp³-hybridized carbons (Fsp3) is 0.344.